The Kier molecular flexibility index (Phi) is 7.48. The number of nitrogens with one attached hydrogen (secondary N) is 1. The molecule has 0 aliphatic heterocycles. The highest BCUT2D eigenvalue weighted by molar-refractivity contribution is 8.33. The van der Waals surface area contributed by atoms with E-state index in [1.54, 1.807) is 24.3 Å². The molecule has 3 aromatic rings. The summed E-state index contributed by atoms with van der Waals surface area (Å²) in [5, 5.41) is 4.38. The van der Waals surface area contributed by atoms with E-state index in [-0.39, 0.29) is 23.9 Å². The van der Waals surface area contributed by atoms with Gasteiger partial charge in [-0.2, -0.15) is 10.0 Å². The average molecular weight is 481 g/mol. The lowest BCUT2D eigenvalue weighted by Crippen LogP contribution is -2.21. The van der Waals surface area contributed by atoms with Crippen LogP contribution in [0.2, 0.25) is 15.1 Å². The molecule has 30 heavy (non-hydrogen) atoms. The second-order valence-corrected chi connectivity index (χ2v) is 11.6. The first kappa shape index (κ1) is 22.7. The van der Waals surface area contributed by atoms with E-state index in [1.807, 2.05) is 48.5 Å². The molecule has 0 saturated heterocycles. The molecule has 156 valence electrons. The molecule has 3 rings (SSSR count). The predicted molar refractivity (Wildman–Crippen MR) is 128 cm³/mol. The SMILES string of the molecule is CS(CC(=O)CC(=O)Nc1ccccc1Cl)(c1ccc(Cl)cc1)c1ccc(Cl)cc1. The maximum atomic E-state index is 12.9. The van der Waals surface area contributed by atoms with Gasteiger partial charge in [0.1, 0.15) is 0 Å². The first-order valence-electron chi connectivity index (χ1n) is 9.11. The standard InChI is InChI=1S/C23H20Cl3NO2S/c1-30(19-10-6-16(24)7-11-19,20-12-8-17(25)9-13-20)15-18(28)14-23(29)27-22-5-3-2-4-21(22)26/h2-13H,14-15H2,1H3,(H,27,29). The highest BCUT2D eigenvalue weighted by Gasteiger charge is 2.27. The summed E-state index contributed by atoms with van der Waals surface area (Å²) in [5.41, 5.74) is 0.488. The van der Waals surface area contributed by atoms with Gasteiger partial charge in [-0.15, -0.1) is 0 Å². The number of anilines is 1. The molecule has 0 unspecified atom stereocenters. The Morgan fingerprint density at radius 2 is 1.30 bits per heavy atom. The summed E-state index contributed by atoms with van der Waals surface area (Å²) in [6.07, 6.45) is 1.83. The molecule has 0 aliphatic rings. The van der Waals surface area contributed by atoms with Crippen LogP contribution in [0, 0.1) is 0 Å². The Morgan fingerprint density at radius 3 is 1.80 bits per heavy atom. The van der Waals surface area contributed by atoms with E-state index in [1.165, 1.54) is 0 Å². The van der Waals surface area contributed by atoms with Crippen molar-refractivity contribution in [3.8, 4) is 0 Å². The van der Waals surface area contributed by atoms with Crippen LogP contribution < -0.4 is 5.32 Å². The van der Waals surface area contributed by atoms with Crippen LogP contribution in [0.3, 0.4) is 0 Å². The van der Waals surface area contributed by atoms with Crippen LogP contribution in [0.1, 0.15) is 6.42 Å². The number of ketones is 1. The van der Waals surface area contributed by atoms with Crippen molar-refractivity contribution in [1.82, 2.24) is 0 Å². The molecule has 7 heteroatoms. The van der Waals surface area contributed by atoms with Crippen molar-refractivity contribution in [1.29, 1.82) is 0 Å². The number of para-hydroxylation sites is 1. The molecule has 0 spiro atoms. The number of Topliss-reactive ketones (excluding diaryl/α,β-unsaturated/α-hetero) is 1. The fourth-order valence-electron chi connectivity index (χ4n) is 3.08. The van der Waals surface area contributed by atoms with E-state index in [0.717, 1.165) is 9.79 Å². The van der Waals surface area contributed by atoms with Gasteiger partial charge in [0.25, 0.3) is 0 Å². The van der Waals surface area contributed by atoms with Crippen LogP contribution in [0.25, 0.3) is 0 Å². The van der Waals surface area contributed by atoms with Crippen molar-refractivity contribution in [2.45, 2.75) is 16.2 Å². The number of halogens is 3. The molecule has 0 aromatic heterocycles. The van der Waals surface area contributed by atoms with E-state index in [0.29, 0.717) is 20.8 Å². The summed E-state index contributed by atoms with van der Waals surface area (Å²) in [5.74, 6) is -0.310. The van der Waals surface area contributed by atoms with Gasteiger partial charge >= 0.3 is 0 Å². The Morgan fingerprint density at radius 1 is 0.800 bits per heavy atom. The zero-order chi connectivity index (χ0) is 21.7. The van der Waals surface area contributed by atoms with Crippen LogP contribution in [-0.4, -0.2) is 23.7 Å². The molecule has 0 bridgehead atoms. The molecule has 0 aliphatic carbocycles. The smallest absolute Gasteiger partial charge is 0.231 e. The molecule has 0 saturated carbocycles. The largest absolute Gasteiger partial charge is 0.324 e. The molecule has 0 heterocycles. The minimum Gasteiger partial charge on any atom is -0.324 e. The summed E-state index contributed by atoms with van der Waals surface area (Å²) >= 11 is 18.2. The number of rotatable bonds is 7. The fraction of sp³-hybridized carbons (Fsp3) is 0.130. The number of carbonyl (C=O) groups excluding carboxylic acids is 2. The number of amides is 1. The molecular formula is C23H20Cl3NO2S. The Bertz CT molecular complexity index is 1010. The van der Waals surface area contributed by atoms with Crippen molar-refractivity contribution in [2.75, 3.05) is 17.3 Å². The molecular weight excluding hydrogens is 461 g/mol. The molecule has 0 fully saturated rings. The third kappa shape index (κ3) is 5.58. The maximum Gasteiger partial charge on any atom is 0.231 e. The summed E-state index contributed by atoms with van der Waals surface area (Å²) in [4.78, 5) is 27.3. The average Bonchev–Trinajstić information content (AvgIpc) is 2.70. The van der Waals surface area contributed by atoms with Crippen LogP contribution in [0.4, 0.5) is 5.69 Å². The lowest BCUT2D eigenvalue weighted by atomic mass is 10.2. The third-order valence-electron chi connectivity index (χ3n) is 4.62. The highest BCUT2D eigenvalue weighted by Crippen LogP contribution is 2.59. The second kappa shape index (κ2) is 9.88. The van der Waals surface area contributed by atoms with Crippen molar-refractivity contribution in [2.24, 2.45) is 0 Å². The quantitative estimate of drug-likeness (QED) is 0.367. The molecule has 1 amide bonds. The predicted octanol–water partition coefficient (Wildman–Crippen LogP) is 7.10. The zero-order valence-corrected chi connectivity index (χ0v) is 19.3. The van der Waals surface area contributed by atoms with Crippen LogP contribution in [0.15, 0.2) is 82.6 Å². The topological polar surface area (TPSA) is 46.2 Å². The lowest BCUT2D eigenvalue weighted by Gasteiger charge is -2.36. The van der Waals surface area contributed by atoms with Gasteiger partial charge in [0.05, 0.1) is 17.1 Å². The summed E-state index contributed by atoms with van der Waals surface area (Å²) in [6, 6.07) is 21.9. The second-order valence-electron chi connectivity index (χ2n) is 6.88. The summed E-state index contributed by atoms with van der Waals surface area (Å²) < 4.78 is 0. The Labute approximate surface area is 192 Å². The van der Waals surface area contributed by atoms with E-state index >= 15 is 0 Å². The summed E-state index contributed by atoms with van der Waals surface area (Å²) in [6.45, 7) is 0. The first-order chi connectivity index (χ1) is 14.3. The normalized spacial score (nSPS) is 11.7. The van der Waals surface area contributed by atoms with Crippen molar-refractivity contribution < 1.29 is 9.59 Å². The summed E-state index contributed by atoms with van der Waals surface area (Å²) in [7, 11) is -1.73. The Balaban J connectivity index is 1.81. The number of benzene rings is 3. The van der Waals surface area contributed by atoms with Gasteiger partial charge in [-0.3, -0.25) is 9.59 Å². The monoisotopic (exact) mass is 479 g/mol. The third-order valence-corrected chi connectivity index (χ3v) is 8.98. The Hall–Kier alpha value is -1.98. The lowest BCUT2D eigenvalue weighted by molar-refractivity contribution is -0.124. The first-order valence-corrected chi connectivity index (χ1v) is 12.5. The van der Waals surface area contributed by atoms with E-state index in [9.17, 15) is 9.59 Å². The van der Waals surface area contributed by atoms with Crippen molar-refractivity contribution in [3.05, 3.63) is 87.9 Å². The van der Waals surface area contributed by atoms with Crippen LogP contribution in [0.5, 0.6) is 0 Å². The molecule has 0 atom stereocenters. The molecule has 0 radical (unpaired) electrons. The van der Waals surface area contributed by atoms with Gasteiger partial charge < -0.3 is 5.32 Å². The molecule has 1 N–H and O–H groups in total. The van der Waals surface area contributed by atoms with Gasteiger partial charge in [-0.1, -0.05) is 46.9 Å². The highest BCUT2D eigenvalue weighted by atomic mass is 35.5. The van der Waals surface area contributed by atoms with Gasteiger partial charge in [0.15, 0.2) is 5.78 Å². The van der Waals surface area contributed by atoms with Crippen LogP contribution in [-0.2, 0) is 9.59 Å². The minimum atomic E-state index is -1.73. The minimum absolute atomic E-state index is 0.151. The van der Waals surface area contributed by atoms with Crippen LogP contribution >= 0.6 is 44.8 Å². The van der Waals surface area contributed by atoms with Crippen molar-refractivity contribution >= 4 is 62.2 Å². The van der Waals surface area contributed by atoms with Gasteiger partial charge in [0.2, 0.25) is 5.91 Å². The number of carbonyl (C=O) groups is 2. The number of hydrogen-bond acceptors (Lipinski definition) is 2. The van der Waals surface area contributed by atoms with Crippen molar-refractivity contribution in [3.63, 3.8) is 0 Å². The van der Waals surface area contributed by atoms with E-state index in [4.69, 9.17) is 34.8 Å². The molecule has 3 nitrogen and oxygen atoms in total. The zero-order valence-electron chi connectivity index (χ0n) is 16.2. The van der Waals surface area contributed by atoms with E-state index in [2.05, 4.69) is 11.6 Å². The van der Waals surface area contributed by atoms with Gasteiger partial charge in [-0.05, 0) is 76.7 Å². The van der Waals surface area contributed by atoms with E-state index < -0.39 is 10.0 Å². The van der Waals surface area contributed by atoms with Gasteiger partial charge in [-0.25, -0.2) is 0 Å². The maximum absolute atomic E-state index is 12.9. The molecule has 3 aromatic carbocycles. The van der Waals surface area contributed by atoms with Gasteiger partial charge in [0, 0.05) is 15.8 Å². The fourth-order valence-corrected chi connectivity index (χ4v) is 6.34. The number of hydrogen-bond donors (Lipinski definition) is 1.